The van der Waals surface area contributed by atoms with Gasteiger partial charge in [0.25, 0.3) is 0 Å². The molecule has 1 aromatic carbocycles. The van der Waals surface area contributed by atoms with Crippen LogP contribution < -0.4 is 5.32 Å². The zero-order chi connectivity index (χ0) is 13.3. The molecule has 0 spiro atoms. The minimum absolute atomic E-state index is 0.235. The molecule has 0 atom stereocenters. The van der Waals surface area contributed by atoms with Crippen molar-refractivity contribution < 1.29 is 18.0 Å². The monoisotopic (exact) mass is 254 g/mol. The van der Waals surface area contributed by atoms with Gasteiger partial charge in [0, 0.05) is 18.0 Å². The van der Waals surface area contributed by atoms with E-state index in [2.05, 4.69) is 10.3 Å². The van der Waals surface area contributed by atoms with E-state index in [0.29, 0.717) is 11.1 Å². The standard InChI is InChI=1S/C12H9F3N2O/c1-7(18)16-9-3-4-10-8(6-9)2-5-11(17-10)12(13,14)15/h2-6H,1H3,(H,16,18). The highest BCUT2D eigenvalue weighted by molar-refractivity contribution is 5.92. The van der Waals surface area contributed by atoms with Crippen LogP contribution in [0.25, 0.3) is 10.9 Å². The van der Waals surface area contributed by atoms with E-state index in [1.54, 1.807) is 6.07 Å². The third-order valence-corrected chi connectivity index (χ3v) is 2.30. The molecule has 3 nitrogen and oxygen atoms in total. The Morgan fingerprint density at radius 1 is 1.22 bits per heavy atom. The number of anilines is 1. The van der Waals surface area contributed by atoms with Gasteiger partial charge in [-0.1, -0.05) is 6.07 Å². The van der Waals surface area contributed by atoms with Gasteiger partial charge < -0.3 is 5.32 Å². The first-order valence-electron chi connectivity index (χ1n) is 5.12. The lowest BCUT2D eigenvalue weighted by atomic mass is 10.2. The predicted octanol–water partition coefficient (Wildman–Crippen LogP) is 3.21. The molecule has 0 unspecified atom stereocenters. The summed E-state index contributed by atoms with van der Waals surface area (Å²) in [5.41, 5.74) is -0.169. The van der Waals surface area contributed by atoms with Crippen molar-refractivity contribution in [1.29, 1.82) is 0 Å². The third-order valence-electron chi connectivity index (χ3n) is 2.30. The molecule has 94 valence electrons. The quantitative estimate of drug-likeness (QED) is 0.849. The van der Waals surface area contributed by atoms with Crippen LogP contribution in [0.3, 0.4) is 0 Å². The Labute approximate surface area is 101 Å². The van der Waals surface area contributed by atoms with Crippen molar-refractivity contribution in [3.05, 3.63) is 36.0 Å². The average molecular weight is 254 g/mol. The third kappa shape index (κ3) is 2.58. The molecular formula is C12H9F3N2O. The van der Waals surface area contributed by atoms with Crippen LogP contribution in [-0.4, -0.2) is 10.9 Å². The van der Waals surface area contributed by atoms with Gasteiger partial charge in [0.1, 0.15) is 5.69 Å². The van der Waals surface area contributed by atoms with Crippen LogP contribution in [-0.2, 0) is 11.0 Å². The number of carbonyl (C=O) groups is 1. The van der Waals surface area contributed by atoms with Gasteiger partial charge in [-0.15, -0.1) is 0 Å². The van der Waals surface area contributed by atoms with Crippen molar-refractivity contribution in [2.75, 3.05) is 5.32 Å². The molecule has 1 heterocycles. The predicted molar refractivity (Wildman–Crippen MR) is 61.0 cm³/mol. The van der Waals surface area contributed by atoms with Crippen LogP contribution in [0.15, 0.2) is 30.3 Å². The van der Waals surface area contributed by atoms with E-state index in [1.807, 2.05) is 0 Å². The van der Waals surface area contributed by atoms with E-state index in [1.165, 1.54) is 25.1 Å². The smallest absolute Gasteiger partial charge is 0.326 e. The molecule has 6 heteroatoms. The van der Waals surface area contributed by atoms with Gasteiger partial charge in [0.2, 0.25) is 5.91 Å². The average Bonchev–Trinajstić information content (AvgIpc) is 2.26. The molecule has 2 rings (SSSR count). The first-order chi connectivity index (χ1) is 8.36. The number of carbonyl (C=O) groups excluding carboxylic acids is 1. The number of hydrogen-bond donors (Lipinski definition) is 1. The summed E-state index contributed by atoms with van der Waals surface area (Å²) in [6.45, 7) is 1.36. The number of pyridine rings is 1. The van der Waals surface area contributed by atoms with E-state index < -0.39 is 11.9 Å². The maximum Gasteiger partial charge on any atom is 0.433 e. The molecule has 18 heavy (non-hydrogen) atoms. The first kappa shape index (κ1) is 12.3. The summed E-state index contributed by atoms with van der Waals surface area (Å²) in [6.07, 6.45) is -4.45. The number of nitrogens with one attached hydrogen (secondary N) is 1. The molecule has 0 aliphatic carbocycles. The molecule has 1 aromatic heterocycles. The molecule has 0 fully saturated rings. The molecule has 0 saturated carbocycles. The first-order valence-corrected chi connectivity index (χ1v) is 5.12. The van der Waals surface area contributed by atoms with E-state index in [9.17, 15) is 18.0 Å². The molecular weight excluding hydrogens is 245 g/mol. The Morgan fingerprint density at radius 2 is 1.94 bits per heavy atom. The highest BCUT2D eigenvalue weighted by Gasteiger charge is 2.32. The normalized spacial score (nSPS) is 11.6. The van der Waals surface area contributed by atoms with Gasteiger partial charge >= 0.3 is 6.18 Å². The van der Waals surface area contributed by atoms with Crippen LogP contribution >= 0.6 is 0 Å². The number of amides is 1. The molecule has 0 aliphatic heterocycles. The Bertz CT molecular complexity index is 608. The summed E-state index contributed by atoms with van der Waals surface area (Å²) in [5, 5.41) is 3.09. The second-order valence-corrected chi connectivity index (χ2v) is 3.78. The number of hydrogen-bond acceptors (Lipinski definition) is 2. The number of halogens is 3. The lowest BCUT2D eigenvalue weighted by molar-refractivity contribution is -0.141. The molecule has 0 saturated heterocycles. The summed E-state index contributed by atoms with van der Waals surface area (Å²) in [4.78, 5) is 14.4. The lowest BCUT2D eigenvalue weighted by Gasteiger charge is -2.08. The highest BCUT2D eigenvalue weighted by atomic mass is 19.4. The number of benzene rings is 1. The molecule has 2 aromatic rings. The fourth-order valence-electron chi connectivity index (χ4n) is 1.56. The van der Waals surface area contributed by atoms with Gasteiger partial charge in [0.15, 0.2) is 0 Å². The van der Waals surface area contributed by atoms with Crippen LogP contribution in [0.1, 0.15) is 12.6 Å². The summed E-state index contributed by atoms with van der Waals surface area (Å²) in [5.74, 6) is -0.241. The maximum absolute atomic E-state index is 12.4. The second kappa shape index (κ2) is 4.29. The van der Waals surface area contributed by atoms with Gasteiger partial charge in [-0.25, -0.2) is 4.98 Å². The lowest BCUT2D eigenvalue weighted by Crippen LogP contribution is -2.08. The van der Waals surface area contributed by atoms with Gasteiger partial charge in [-0.05, 0) is 24.3 Å². The molecule has 0 radical (unpaired) electrons. The zero-order valence-corrected chi connectivity index (χ0v) is 9.38. The molecule has 0 aliphatic rings. The van der Waals surface area contributed by atoms with Crippen LogP contribution in [0.4, 0.5) is 18.9 Å². The Balaban J connectivity index is 2.45. The Kier molecular flexibility index (Phi) is 2.94. The second-order valence-electron chi connectivity index (χ2n) is 3.78. The summed E-state index contributed by atoms with van der Waals surface area (Å²) in [7, 11) is 0. The van der Waals surface area contributed by atoms with E-state index in [-0.39, 0.29) is 11.4 Å². The molecule has 1 N–H and O–H groups in total. The SMILES string of the molecule is CC(=O)Nc1ccc2nc(C(F)(F)F)ccc2c1. The highest BCUT2D eigenvalue weighted by Crippen LogP contribution is 2.29. The van der Waals surface area contributed by atoms with Crippen molar-refractivity contribution in [3.8, 4) is 0 Å². The summed E-state index contributed by atoms with van der Waals surface area (Å²) in [6, 6.07) is 6.77. The van der Waals surface area contributed by atoms with E-state index >= 15 is 0 Å². The van der Waals surface area contributed by atoms with Gasteiger partial charge in [0.05, 0.1) is 5.52 Å². The van der Waals surface area contributed by atoms with Gasteiger partial charge in [-0.2, -0.15) is 13.2 Å². The number of nitrogens with zero attached hydrogens (tertiary/aromatic N) is 1. The Morgan fingerprint density at radius 3 is 2.56 bits per heavy atom. The summed E-state index contributed by atoms with van der Waals surface area (Å²) < 4.78 is 37.3. The molecule has 0 bridgehead atoms. The minimum Gasteiger partial charge on any atom is -0.326 e. The number of aromatic nitrogens is 1. The Hall–Kier alpha value is -2.11. The largest absolute Gasteiger partial charge is 0.433 e. The van der Waals surface area contributed by atoms with Crippen molar-refractivity contribution >= 4 is 22.5 Å². The van der Waals surface area contributed by atoms with Crippen molar-refractivity contribution in [2.24, 2.45) is 0 Å². The van der Waals surface area contributed by atoms with Crippen LogP contribution in [0.2, 0.25) is 0 Å². The summed E-state index contributed by atoms with van der Waals surface area (Å²) >= 11 is 0. The van der Waals surface area contributed by atoms with Crippen molar-refractivity contribution in [2.45, 2.75) is 13.1 Å². The number of alkyl halides is 3. The van der Waals surface area contributed by atoms with Crippen LogP contribution in [0, 0.1) is 0 Å². The van der Waals surface area contributed by atoms with Crippen LogP contribution in [0.5, 0.6) is 0 Å². The topological polar surface area (TPSA) is 42.0 Å². The minimum atomic E-state index is -4.45. The van der Waals surface area contributed by atoms with E-state index in [4.69, 9.17) is 0 Å². The fourth-order valence-corrected chi connectivity index (χ4v) is 1.56. The number of rotatable bonds is 1. The maximum atomic E-state index is 12.4. The zero-order valence-electron chi connectivity index (χ0n) is 9.38. The van der Waals surface area contributed by atoms with Gasteiger partial charge in [-0.3, -0.25) is 4.79 Å². The van der Waals surface area contributed by atoms with Crippen molar-refractivity contribution in [3.63, 3.8) is 0 Å². The molecule has 1 amide bonds. The van der Waals surface area contributed by atoms with E-state index in [0.717, 1.165) is 6.07 Å². The number of fused-ring (bicyclic) bond motifs is 1. The fraction of sp³-hybridized carbons (Fsp3) is 0.167. The van der Waals surface area contributed by atoms with Crippen molar-refractivity contribution in [1.82, 2.24) is 4.98 Å².